The van der Waals surface area contributed by atoms with E-state index in [9.17, 15) is 9.59 Å². The third kappa shape index (κ3) is 3.93. The number of amides is 1. The molecule has 1 saturated carbocycles. The van der Waals surface area contributed by atoms with Crippen LogP contribution in [-0.4, -0.2) is 50.0 Å². The van der Waals surface area contributed by atoms with Gasteiger partial charge in [-0.15, -0.1) is 5.10 Å². The van der Waals surface area contributed by atoms with E-state index < -0.39 is 5.97 Å². The lowest BCUT2D eigenvalue weighted by Gasteiger charge is -2.32. The molecule has 2 fully saturated rings. The standard InChI is InChI=1S/C21H26N4O3/c1-14-4-9-17(10-5-14)25-20(16-7-8-16)19(22-23-25)21(28)24-12-2-3-15(13-24)6-11-18(26)27/h4-5,9-10,15-16H,2-3,6-8,11-13H2,1H3,(H,26,27)/t15-/m0/s1. The van der Waals surface area contributed by atoms with Gasteiger partial charge in [0.05, 0.1) is 11.4 Å². The maximum absolute atomic E-state index is 13.2. The number of likely N-dealkylation sites (tertiary alicyclic amines) is 1. The Labute approximate surface area is 164 Å². The van der Waals surface area contributed by atoms with Crippen molar-refractivity contribution >= 4 is 11.9 Å². The molecule has 2 heterocycles. The monoisotopic (exact) mass is 382 g/mol. The summed E-state index contributed by atoms with van der Waals surface area (Å²) in [5, 5.41) is 17.5. The van der Waals surface area contributed by atoms with Gasteiger partial charge in [-0.3, -0.25) is 9.59 Å². The lowest BCUT2D eigenvalue weighted by Crippen LogP contribution is -2.40. The van der Waals surface area contributed by atoms with Crippen molar-refractivity contribution in [3.05, 3.63) is 41.2 Å². The molecule has 1 N–H and O–H groups in total. The second-order valence-electron chi connectivity index (χ2n) is 8.04. The van der Waals surface area contributed by atoms with Crippen molar-refractivity contribution in [3.8, 4) is 5.69 Å². The molecule has 0 radical (unpaired) electrons. The highest BCUT2D eigenvalue weighted by Gasteiger charge is 2.36. The number of benzene rings is 1. The third-order valence-corrected chi connectivity index (χ3v) is 5.72. The van der Waals surface area contributed by atoms with Gasteiger partial charge in [0.1, 0.15) is 0 Å². The SMILES string of the molecule is Cc1ccc(-n2nnc(C(=O)N3CCC[C@@H](CCC(=O)O)C3)c2C2CC2)cc1. The van der Waals surface area contributed by atoms with E-state index in [1.54, 1.807) is 0 Å². The summed E-state index contributed by atoms with van der Waals surface area (Å²) in [6, 6.07) is 8.08. The molecule has 0 spiro atoms. The molecule has 148 valence electrons. The molecule has 28 heavy (non-hydrogen) atoms. The molecule has 1 atom stereocenters. The van der Waals surface area contributed by atoms with Crippen LogP contribution >= 0.6 is 0 Å². The van der Waals surface area contributed by atoms with Crippen LogP contribution in [0.4, 0.5) is 0 Å². The van der Waals surface area contributed by atoms with Gasteiger partial charge in [0.15, 0.2) is 5.69 Å². The third-order valence-electron chi connectivity index (χ3n) is 5.72. The van der Waals surface area contributed by atoms with Crippen LogP contribution in [-0.2, 0) is 4.79 Å². The summed E-state index contributed by atoms with van der Waals surface area (Å²) in [4.78, 5) is 25.9. The van der Waals surface area contributed by atoms with Crippen molar-refractivity contribution in [1.29, 1.82) is 0 Å². The molecule has 0 unspecified atom stereocenters. The highest BCUT2D eigenvalue weighted by molar-refractivity contribution is 5.93. The summed E-state index contributed by atoms with van der Waals surface area (Å²) in [5.41, 5.74) is 3.48. The van der Waals surface area contributed by atoms with Crippen molar-refractivity contribution < 1.29 is 14.7 Å². The molecule has 2 aliphatic rings. The maximum Gasteiger partial charge on any atom is 0.303 e. The Morgan fingerprint density at radius 1 is 1.18 bits per heavy atom. The minimum atomic E-state index is -0.777. The van der Waals surface area contributed by atoms with E-state index in [1.165, 1.54) is 5.56 Å². The molecule has 1 aromatic carbocycles. The molecule has 1 aliphatic heterocycles. The van der Waals surface area contributed by atoms with Crippen LogP contribution in [0.2, 0.25) is 0 Å². The number of rotatable bonds is 6. The fourth-order valence-electron chi connectivity index (χ4n) is 4.00. The Kier molecular flexibility index (Phi) is 5.15. The number of aliphatic carboxylic acids is 1. The molecule has 1 aliphatic carbocycles. The normalized spacial score (nSPS) is 19.6. The van der Waals surface area contributed by atoms with Gasteiger partial charge < -0.3 is 10.0 Å². The number of hydrogen-bond acceptors (Lipinski definition) is 4. The first-order valence-electron chi connectivity index (χ1n) is 10.1. The Bertz CT molecular complexity index is 870. The van der Waals surface area contributed by atoms with Gasteiger partial charge in [-0.25, -0.2) is 4.68 Å². The van der Waals surface area contributed by atoms with E-state index >= 15 is 0 Å². The van der Waals surface area contributed by atoms with Crippen molar-refractivity contribution in [2.75, 3.05) is 13.1 Å². The number of carboxylic acids is 1. The quantitative estimate of drug-likeness (QED) is 0.829. The number of aryl methyl sites for hydroxylation is 1. The zero-order chi connectivity index (χ0) is 19.7. The van der Waals surface area contributed by atoms with E-state index in [1.807, 2.05) is 40.8 Å². The summed E-state index contributed by atoms with van der Waals surface area (Å²) in [7, 11) is 0. The Morgan fingerprint density at radius 2 is 1.93 bits per heavy atom. The predicted molar refractivity (Wildman–Crippen MR) is 104 cm³/mol. The highest BCUT2D eigenvalue weighted by atomic mass is 16.4. The first-order valence-corrected chi connectivity index (χ1v) is 10.1. The first kappa shape index (κ1) is 18.7. The van der Waals surface area contributed by atoms with E-state index in [-0.39, 0.29) is 18.2 Å². The Morgan fingerprint density at radius 3 is 2.61 bits per heavy atom. The zero-order valence-corrected chi connectivity index (χ0v) is 16.2. The van der Waals surface area contributed by atoms with Crippen molar-refractivity contribution in [2.45, 2.75) is 51.4 Å². The van der Waals surface area contributed by atoms with E-state index in [0.29, 0.717) is 31.1 Å². The summed E-state index contributed by atoms with van der Waals surface area (Å²) in [6.45, 7) is 3.34. The van der Waals surface area contributed by atoms with Crippen LogP contribution < -0.4 is 0 Å². The summed E-state index contributed by atoms with van der Waals surface area (Å²) in [6.07, 6.45) is 4.76. The van der Waals surface area contributed by atoms with E-state index in [2.05, 4.69) is 10.3 Å². The molecular weight excluding hydrogens is 356 g/mol. The van der Waals surface area contributed by atoms with Crippen LogP contribution in [0.15, 0.2) is 24.3 Å². The lowest BCUT2D eigenvalue weighted by atomic mass is 9.93. The van der Waals surface area contributed by atoms with Crippen LogP contribution in [0.1, 0.15) is 66.2 Å². The number of hydrogen-bond donors (Lipinski definition) is 1. The number of carboxylic acid groups (broad SMARTS) is 1. The van der Waals surface area contributed by atoms with Gasteiger partial charge in [0.25, 0.3) is 5.91 Å². The second-order valence-corrected chi connectivity index (χ2v) is 8.04. The summed E-state index contributed by atoms with van der Waals surface area (Å²) < 4.78 is 1.82. The molecule has 1 amide bonds. The number of carbonyl (C=O) groups is 2. The molecule has 7 heteroatoms. The molecule has 0 bridgehead atoms. The van der Waals surface area contributed by atoms with Gasteiger partial charge in [0.2, 0.25) is 0 Å². The van der Waals surface area contributed by atoms with Crippen molar-refractivity contribution in [3.63, 3.8) is 0 Å². The summed E-state index contributed by atoms with van der Waals surface area (Å²) >= 11 is 0. The molecule has 2 aromatic rings. The maximum atomic E-state index is 13.2. The van der Waals surface area contributed by atoms with Crippen molar-refractivity contribution in [2.24, 2.45) is 5.92 Å². The summed E-state index contributed by atoms with van der Waals surface area (Å²) in [5.74, 6) is -0.269. The lowest BCUT2D eigenvalue weighted by molar-refractivity contribution is -0.137. The molecular formula is C21H26N4O3. The largest absolute Gasteiger partial charge is 0.481 e. The zero-order valence-electron chi connectivity index (χ0n) is 16.2. The van der Waals surface area contributed by atoms with Crippen LogP contribution in [0.5, 0.6) is 0 Å². The molecule has 7 nitrogen and oxygen atoms in total. The molecule has 4 rings (SSSR count). The smallest absolute Gasteiger partial charge is 0.303 e. The molecule has 1 saturated heterocycles. The van der Waals surface area contributed by atoms with E-state index in [0.717, 1.165) is 37.1 Å². The van der Waals surface area contributed by atoms with Crippen LogP contribution in [0.3, 0.4) is 0 Å². The average Bonchev–Trinajstić information content (AvgIpc) is 3.45. The van der Waals surface area contributed by atoms with Crippen LogP contribution in [0.25, 0.3) is 5.69 Å². The Balaban J connectivity index is 1.56. The van der Waals surface area contributed by atoms with Gasteiger partial charge in [-0.1, -0.05) is 22.9 Å². The second kappa shape index (κ2) is 7.73. The van der Waals surface area contributed by atoms with Gasteiger partial charge in [-0.05, 0) is 57.1 Å². The van der Waals surface area contributed by atoms with Crippen molar-refractivity contribution in [1.82, 2.24) is 19.9 Å². The Hall–Kier alpha value is -2.70. The predicted octanol–water partition coefficient (Wildman–Crippen LogP) is 3.17. The number of aromatic nitrogens is 3. The van der Waals surface area contributed by atoms with Crippen LogP contribution in [0, 0.1) is 12.8 Å². The molecule has 1 aromatic heterocycles. The topological polar surface area (TPSA) is 88.3 Å². The number of nitrogens with zero attached hydrogens (tertiary/aromatic N) is 4. The highest BCUT2D eigenvalue weighted by Crippen LogP contribution is 2.42. The first-order chi connectivity index (χ1) is 13.5. The number of piperidine rings is 1. The minimum Gasteiger partial charge on any atom is -0.481 e. The van der Waals surface area contributed by atoms with Gasteiger partial charge in [0, 0.05) is 25.4 Å². The van der Waals surface area contributed by atoms with Gasteiger partial charge in [-0.2, -0.15) is 0 Å². The number of carbonyl (C=O) groups excluding carboxylic acids is 1. The fourth-order valence-corrected chi connectivity index (χ4v) is 4.00. The average molecular weight is 382 g/mol. The minimum absolute atomic E-state index is 0.0692. The fraction of sp³-hybridized carbons (Fsp3) is 0.524. The van der Waals surface area contributed by atoms with Gasteiger partial charge >= 0.3 is 5.97 Å². The van der Waals surface area contributed by atoms with E-state index in [4.69, 9.17) is 5.11 Å².